The van der Waals surface area contributed by atoms with Crippen LogP contribution in [0.4, 0.5) is 22.7 Å². The monoisotopic (exact) mass is 596 g/mol. The number of nitrogen functional groups attached to an aromatic ring is 1. The second-order valence-electron chi connectivity index (χ2n) is 12.4. The topological polar surface area (TPSA) is 198 Å². The third kappa shape index (κ3) is 6.70. The number of nitro groups is 1. The molecule has 0 amide bonds. The van der Waals surface area contributed by atoms with Crippen molar-refractivity contribution in [3.63, 3.8) is 0 Å². The number of rotatable bonds is 9. The first-order valence-corrected chi connectivity index (χ1v) is 15.4. The number of H-pyrrole nitrogens is 2. The SMILES string of the molecule is CC1CC(CCC#N)CC1Nc1c(N)cnc2[nH]ccc12.CC1CC(CCC#N)CC1Nc1c([N+](=O)[O-])cnc2[nH]ccc12. The van der Waals surface area contributed by atoms with Crippen molar-refractivity contribution >= 4 is 44.8 Å². The van der Waals surface area contributed by atoms with Crippen molar-refractivity contribution in [1.29, 1.82) is 10.5 Å². The molecule has 4 heterocycles. The smallest absolute Gasteiger partial charge is 0.311 e. The summed E-state index contributed by atoms with van der Waals surface area (Å²) in [6, 6.07) is 8.86. The first-order chi connectivity index (χ1) is 21.3. The van der Waals surface area contributed by atoms with Gasteiger partial charge < -0.3 is 26.3 Å². The average Bonchev–Trinajstić information content (AvgIpc) is 3.80. The van der Waals surface area contributed by atoms with E-state index >= 15 is 0 Å². The van der Waals surface area contributed by atoms with E-state index in [1.165, 1.54) is 12.6 Å². The molecule has 2 aliphatic carbocycles. The predicted molar refractivity (Wildman–Crippen MR) is 172 cm³/mol. The van der Waals surface area contributed by atoms with Gasteiger partial charge in [0, 0.05) is 48.1 Å². The summed E-state index contributed by atoms with van der Waals surface area (Å²) in [7, 11) is 0. The molecule has 6 unspecified atom stereocenters. The number of pyridine rings is 2. The number of aromatic amines is 2. The lowest BCUT2D eigenvalue weighted by molar-refractivity contribution is -0.384. The molecule has 44 heavy (non-hydrogen) atoms. The maximum atomic E-state index is 11.3. The Morgan fingerprint density at radius 1 is 0.886 bits per heavy atom. The lowest BCUT2D eigenvalue weighted by atomic mass is 10.0. The Labute approximate surface area is 256 Å². The van der Waals surface area contributed by atoms with E-state index in [9.17, 15) is 10.1 Å². The number of hydrogen-bond acceptors (Lipinski definition) is 9. The molecule has 0 radical (unpaired) electrons. The van der Waals surface area contributed by atoms with Crippen molar-refractivity contribution in [3.8, 4) is 12.1 Å². The fourth-order valence-electron chi connectivity index (χ4n) is 7.01. The average molecular weight is 597 g/mol. The molecule has 12 heteroatoms. The second kappa shape index (κ2) is 13.6. The number of nitrogens with zero attached hydrogens (tertiary/aromatic N) is 5. The lowest BCUT2D eigenvalue weighted by Gasteiger charge is -2.20. The molecule has 6 N–H and O–H groups in total. The number of fused-ring (bicyclic) bond motifs is 2. The molecule has 6 atom stereocenters. The van der Waals surface area contributed by atoms with Gasteiger partial charge in [-0.25, -0.2) is 9.97 Å². The molecule has 4 aromatic rings. The van der Waals surface area contributed by atoms with Crippen molar-refractivity contribution in [2.75, 3.05) is 16.4 Å². The summed E-state index contributed by atoms with van der Waals surface area (Å²) < 4.78 is 0. The van der Waals surface area contributed by atoms with Gasteiger partial charge in [0.1, 0.15) is 23.2 Å². The molecular weight excluding hydrogens is 556 g/mol. The molecule has 0 bridgehead atoms. The highest BCUT2D eigenvalue weighted by Crippen LogP contribution is 2.40. The van der Waals surface area contributed by atoms with Gasteiger partial charge in [-0.1, -0.05) is 13.8 Å². The van der Waals surface area contributed by atoms with Gasteiger partial charge in [0.05, 0.1) is 34.6 Å². The summed E-state index contributed by atoms with van der Waals surface area (Å²) in [5.41, 5.74) is 9.83. The fourth-order valence-corrected chi connectivity index (χ4v) is 7.01. The van der Waals surface area contributed by atoms with E-state index in [4.69, 9.17) is 16.3 Å². The van der Waals surface area contributed by atoms with Crippen molar-refractivity contribution < 1.29 is 4.92 Å². The Kier molecular flexibility index (Phi) is 9.49. The quantitative estimate of drug-likeness (QED) is 0.101. The Balaban J connectivity index is 0.000000175. The third-order valence-corrected chi connectivity index (χ3v) is 9.33. The minimum atomic E-state index is -0.394. The van der Waals surface area contributed by atoms with E-state index < -0.39 is 4.92 Å². The first kappa shape index (κ1) is 30.6. The summed E-state index contributed by atoms with van der Waals surface area (Å²) in [6.45, 7) is 4.43. The highest BCUT2D eigenvalue weighted by atomic mass is 16.6. The highest BCUT2D eigenvalue weighted by Gasteiger charge is 2.33. The van der Waals surface area contributed by atoms with Crippen LogP contribution in [-0.4, -0.2) is 36.9 Å². The Hall–Kier alpha value is -4.84. The van der Waals surface area contributed by atoms with Gasteiger partial charge in [-0.05, 0) is 74.3 Å². The Morgan fingerprint density at radius 2 is 1.39 bits per heavy atom. The van der Waals surface area contributed by atoms with Gasteiger partial charge in [0.25, 0.3) is 0 Å². The number of nitrogens with two attached hydrogens (primary N) is 1. The maximum absolute atomic E-state index is 11.3. The van der Waals surface area contributed by atoms with Crippen molar-refractivity contribution in [2.24, 2.45) is 23.7 Å². The molecular formula is C32H40N10O2. The van der Waals surface area contributed by atoms with Crippen LogP contribution in [0.1, 0.15) is 65.2 Å². The van der Waals surface area contributed by atoms with Crippen LogP contribution in [0.15, 0.2) is 36.9 Å². The minimum Gasteiger partial charge on any atom is -0.396 e. The summed E-state index contributed by atoms with van der Waals surface area (Å²) in [4.78, 5) is 25.4. The van der Waals surface area contributed by atoms with Crippen LogP contribution in [0.25, 0.3) is 22.1 Å². The van der Waals surface area contributed by atoms with Crippen LogP contribution in [-0.2, 0) is 0 Å². The van der Waals surface area contributed by atoms with Crippen LogP contribution in [0.3, 0.4) is 0 Å². The van der Waals surface area contributed by atoms with Crippen LogP contribution >= 0.6 is 0 Å². The first-order valence-electron chi connectivity index (χ1n) is 15.4. The summed E-state index contributed by atoms with van der Waals surface area (Å²) in [5, 5.41) is 37.6. The van der Waals surface area contributed by atoms with E-state index in [2.05, 4.69) is 56.6 Å². The fraction of sp³-hybridized carbons (Fsp3) is 0.500. The van der Waals surface area contributed by atoms with Crippen LogP contribution in [0.5, 0.6) is 0 Å². The number of nitrogens with one attached hydrogen (secondary N) is 4. The van der Waals surface area contributed by atoms with E-state index in [0.29, 0.717) is 59.6 Å². The molecule has 0 aliphatic heterocycles. The van der Waals surface area contributed by atoms with Gasteiger partial charge in [-0.2, -0.15) is 10.5 Å². The van der Waals surface area contributed by atoms with Crippen LogP contribution < -0.4 is 16.4 Å². The Morgan fingerprint density at radius 3 is 1.91 bits per heavy atom. The molecule has 2 fully saturated rings. The molecule has 4 aromatic heterocycles. The highest BCUT2D eigenvalue weighted by molar-refractivity contribution is 5.96. The second-order valence-corrected chi connectivity index (χ2v) is 12.4. The van der Waals surface area contributed by atoms with E-state index in [1.54, 1.807) is 12.4 Å². The molecule has 2 saturated carbocycles. The van der Waals surface area contributed by atoms with Gasteiger partial charge in [0.2, 0.25) is 0 Å². The van der Waals surface area contributed by atoms with Gasteiger partial charge >= 0.3 is 5.69 Å². The van der Waals surface area contributed by atoms with Crippen LogP contribution in [0.2, 0.25) is 0 Å². The normalized spacial score (nSPS) is 24.4. The molecule has 0 spiro atoms. The molecule has 2 aliphatic rings. The standard InChI is InChI=1S/C16H19N5O2.C16H21N5/c1-10-7-11(3-2-5-17)8-13(10)20-15-12-4-6-18-16(12)19-9-14(15)21(22)23;1-10-7-11(3-2-5-17)8-14(10)21-15-12-4-6-19-16(12)20-9-13(15)18/h4,6,9-11,13H,2-3,7-8H2,1H3,(H2,18,19,20);4,6,9-11,14H,2-3,7-8,18H2,1H3,(H2,19,20,21). The molecule has 12 nitrogen and oxygen atoms in total. The number of aromatic nitrogens is 4. The summed E-state index contributed by atoms with van der Waals surface area (Å²) >= 11 is 0. The van der Waals surface area contributed by atoms with Crippen molar-refractivity contribution in [2.45, 2.75) is 77.3 Å². The van der Waals surface area contributed by atoms with Gasteiger partial charge in [-0.15, -0.1) is 0 Å². The van der Waals surface area contributed by atoms with Crippen LogP contribution in [0, 0.1) is 56.4 Å². The molecule has 230 valence electrons. The Bertz CT molecular complexity index is 1680. The van der Waals surface area contributed by atoms with Crippen molar-refractivity contribution in [3.05, 3.63) is 47.0 Å². The molecule has 0 aromatic carbocycles. The maximum Gasteiger partial charge on any atom is 0.311 e. The van der Waals surface area contributed by atoms with E-state index in [1.807, 2.05) is 18.3 Å². The van der Waals surface area contributed by atoms with Crippen molar-refractivity contribution in [1.82, 2.24) is 19.9 Å². The predicted octanol–water partition coefficient (Wildman–Crippen LogP) is 6.88. The molecule has 0 saturated heterocycles. The largest absolute Gasteiger partial charge is 0.396 e. The summed E-state index contributed by atoms with van der Waals surface area (Å²) in [6.07, 6.45) is 14.0. The van der Waals surface area contributed by atoms with Gasteiger partial charge in [-0.3, -0.25) is 10.1 Å². The molecule has 6 rings (SSSR count). The number of anilines is 3. The number of nitriles is 2. The number of hydrogen-bond donors (Lipinski definition) is 5. The van der Waals surface area contributed by atoms with Gasteiger partial charge in [0.15, 0.2) is 0 Å². The zero-order chi connectivity index (χ0) is 31.2. The zero-order valence-corrected chi connectivity index (χ0v) is 25.2. The third-order valence-electron chi connectivity index (χ3n) is 9.33. The van der Waals surface area contributed by atoms with E-state index in [0.717, 1.165) is 54.2 Å². The minimum absolute atomic E-state index is 0.00442. The summed E-state index contributed by atoms with van der Waals surface area (Å²) in [5.74, 6) is 2.15. The lowest BCUT2D eigenvalue weighted by Crippen LogP contribution is -2.22. The van der Waals surface area contributed by atoms with E-state index in [-0.39, 0.29) is 11.7 Å². The zero-order valence-electron chi connectivity index (χ0n) is 25.2.